The Balaban J connectivity index is 2.87. The van der Waals surface area contributed by atoms with Crippen LogP contribution in [0, 0.1) is 0 Å². The number of amides is 1. The number of esters is 1. The van der Waals surface area contributed by atoms with Crippen LogP contribution in [0.15, 0.2) is 18.2 Å². The van der Waals surface area contributed by atoms with E-state index in [4.69, 9.17) is 27.9 Å². The molecule has 0 atom stereocenters. The number of hydrogen-bond donors (Lipinski definition) is 0. The molecule has 0 saturated carbocycles. The fourth-order valence-corrected chi connectivity index (χ4v) is 2.05. The Bertz CT molecular complexity index is 508. The third-order valence-corrected chi connectivity index (χ3v) is 3.39. The maximum atomic E-state index is 12.5. The predicted molar refractivity (Wildman–Crippen MR) is 80.9 cm³/mol. The van der Waals surface area contributed by atoms with Gasteiger partial charge in [-0.05, 0) is 18.2 Å². The van der Waals surface area contributed by atoms with E-state index >= 15 is 0 Å². The Labute approximate surface area is 133 Å². The van der Waals surface area contributed by atoms with Crippen molar-refractivity contribution in [3.63, 3.8) is 0 Å². The molecule has 5 nitrogen and oxygen atoms in total. The monoisotopic (exact) mass is 333 g/mol. The summed E-state index contributed by atoms with van der Waals surface area (Å²) in [7, 11) is 2.84. The SMILES string of the molecule is COCCN(CCC(=O)OC)C(=O)c1cc(Cl)ccc1Cl. The van der Waals surface area contributed by atoms with E-state index in [1.165, 1.54) is 25.2 Å². The zero-order chi connectivity index (χ0) is 15.8. The van der Waals surface area contributed by atoms with Crippen molar-refractivity contribution in [3.8, 4) is 0 Å². The second-order valence-electron chi connectivity index (χ2n) is 4.24. The van der Waals surface area contributed by atoms with Crippen LogP contribution in [0.4, 0.5) is 0 Å². The molecule has 0 N–H and O–H groups in total. The largest absolute Gasteiger partial charge is 0.469 e. The fourth-order valence-electron chi connectivity index (χ4n) is 1.68. The van der Waals surface area contributed by atoms with E-state index in [0.29, 0.717) is 28.8 Å². The summed E-state index contributed by atoms with van der Waals surface area (Å²) in [5.74, 6) is -0.689. The third kappa shape index (κ3) is 5.53. The Hall–Kier alpha value is -1.30. The van der Waals surface area contributed by atoms with E-state index in [0.717, 1.165) is 0 Å². The van der Waals surface area contributed by atoms with Gasteiger partial charge < -0.3 is 14.4 Å². The lowest BCUT2D eigenvalue weighted by atomic mass is 10.2. The molecule has 1 amide bonds. The first-order valence-electron chi connectivity index (χ1n) is 6.29. The number of methoxy groups -OCH3 is 2. The van der Waals surface area contributed by atoms with Crippen LogP contribution in [-0.4, -0.2) is 50.7 Å². The number of benzene rings is 1. The molecule has 7 heteroatoms. The van der Waals surface area contributed by atoms with Crippen molar-refractivity contribution in [3.05, 3.63) is 33.8 Å². The van der Waals surface area contributed by atoms with Crippen molar-refractivity contribution in [2.45, 2.75) is 6.42 Å². The van der Waals surface area contributed by atoms with Crippen LogP contribution in [0.3, 0.4) is 0 Å². The van der Waals surface area contributed by atoms with Gasteiger partial charge in [-0.3, -0.25) is 9.59 Å². The molecular weight excluding hydrogens is 317 g/mol. The van der Waals surface area contributed by atoms with Crippen LogP contribution < -0.4 is 0 Å². The predicted octanol–water partition coefficient (Wildman–Crippen LogP) is 2.65. The van der Waals surface area contributed by atoms with Gasteiger partial charge in [-0.2, -0.15) is 0 Å². The molecule has 0 unspecified atom stereocenters. The van der Waals surface area contributed by atoms with E-state index in [1.54, 1.807) is 12.1 Å². The first-order chi connectivity index (χ1) is 9.99. The Morgan fingerprint density at radius 1 is 1.19 bits per heavy atom. The molecule has 0 spiro atoms. The minimum Gasteiger partial charge on any atom is -0.469 e. The van der Waals surface area contributed by atoms with Crippen LogP contribution >= 0.6 is 23.2 Å². The van der Waals surface area contributed by atoms with E-state index < -0.39 is 0 Å². The van der Waals surface area contributed by atoms with Gasteiger partial charge in [0.05, 0.1) is 30.7 Å². The summed E-state index contributed by atoms with van der Waals surface area (Å²) >= 11 is 11.9. The number of carbonyl (C=O) groups excluding carboxylic acids is 2. The lowest BCUT2D eigenvalue weighted by molar-refractivity contribution is -0.140. The summed E-state index contributed by atoms with van der Waals surface area (Å²) in [5, 5.41) is 0.729. The first kappa shape index (κ1) is 17.8. The minimum atomic E-state index is -0.387. The molecule has 0 fully saturated rings. The highest BCUT2D eigenvalue weighted by atomic mass is 35.5. The summed E-state index contributed by atoms with van der Waals surface area (Å²) in [6.45, 7) is 0.915. The smallest absolute Gasteiger partial charge is 0.307 e. The summed E-state index contributed by atoms with van der Waals surface area (Å²) in [6, 6.07) is 4.67. The van der Waals surface area contributed by atoms with E-state index in [1.807, 2.05) is 0 Å². The van der Waals surface area contributed by atoms with Crippen molar-refractivity contribution in [1.29, 1.82) is 0 Å². The van der Waals surface area contributed by atoms with Crippen LogP contribution in [0.1, 0.15) is 16.8 Å². The highest BCUT2D eigenvalue weighted by Crippen LogP contribution is 2.22. The summed E-state index contributed by atoms with van der Waals surface area (Å²) < 4.78 is 9.55. The fraction of sp³-hybridized carbons (Fsp3) is 0.429. The Kier molecular flexibility index (Phi) is 7.50. The van der Waals surface area contributed by atoms with Crippen LogP contribution in [0.5, 0.6) is 0 Å². The Morgan fingerprint density at radius 3 is 2.52 bits per heavy atom. The zero-order valence-electron chi connectivity index (χ0n) is 11.9. The van der Waals surface area contributed by atoms with Gasteiger partial charge in [0.1, 0.15) is 0 Å². The highest BCUT2D eigenvalue weighted by molar-refractivity contribution is 6.35. The molecule has 0 saturated heterocycles. The molecule has 1 rings (SSSR count). The molecule has 1 aromatic rings. The quantitative estimate of drug-likeness (QED) is 0.720. The summed E-state index contributed by atoms with van der Waals surface area (Å²) in [6.07, 6.45) is 0.101. The van der Waals surface area contributed by atoms with Gasteiger partial charge in [-0.1, -0.05) is 23.2 Å². The minimum absolute atomic E-state index is 0.101. The first-order valence-corrected chi connectivity index (χ1v) is 7.05. The molecule has 116 valence electrons. The van der Waals surface area contributed by atoms with Crippen molar-refractivity contribution in [2.24, 2.45) is 0 Å². The van der Waals surface area contributed by atoms with Crippen molar-refractivity contribution in [2.75, 3.05) is 33.9 Å². The number of halogens is 2. The van der Waals surface area contributed by atoms with Gasteiger partial charge in [-0.15, -0.1) is 0 Å². The number of nitrogens with zero attached hydrogens (tertiary/aromatic N) is 1. The number of rotatable bonds is 7. The van der Waals surface area contributed by atoms with Crippen molar-refractivity contribution in [1.82, 2.24) is 4.90 Å². The lowest BCUT2D eigenvalue weighted by Crippen LogP contribution is -2.36. The number of ether oxygens (including phenoxy) is 2. The van der Waals surface area contributed by atoms with Crippen LogP contribution in [-0.2, 0) is 14.3 Å². The maximum absolute atomic E-state index is 12.5. The summed E-state index contributed by atoms with van der Waals surface area (Å²) in [5.41, 5.74) is 0.296. The van der Waals surface area contributed by atoms with E-state index in [2.05, 4.69) is 4.74 Å². The van der Waals surface area contributed by atoms with Gasteiger partial charge in [-0.25, -0.2) is 0 Å². The van der Waals surface area contributed by atoms with Crippen LogP contribution in [0.25, 0.3) is 0 Å². The molecule has 0 aliphatic carbocycles. The molecule has 0 heterocycles. The molecular formula is C14H17Cl2NO4. The normalized spacial score (nSPS) is 10.3. The molecule has 0 aromatic heterocycles. The Morgan fingerprint density at radius 2 is 1.90 bits per heavy atom. The maximum Gasteiger partial charge on any atom is 0.307 e. The molecule has 0 radical (unpaired) electrons. The molecule has 21 heavy (non-hydrogen) atoms. The van der Waals surface area contributed by atoms with Gasteiger partial charge in [0, 0.05) is 25.2 Å². The van der Waals surface area contributed by atoms with Gasteiger partial charge >= 0.3 is 5.97 Å². The van der Waals surface area contributed by atoms with Crippen molar-refractivity contribution >= 4 is 35.1 Å². The summed E-state index contributed by atoms with van der Waals surface area (Å²) in [4.78, 5) is 25.2. The lowest BCUT2D eigenvalue weighted by Gasteiger charge is -2.22. The molecule has 0 aliphatic heterocycles. The average molecular weight is 334 g/mol. The van der Waals surface area contributed by atoms with E-state index in [9.17, 15) is 9.59 Å². The van der Waals surface area contributed by atoms with Gasteiger partial charge in [0.2, 0.25) is 0 Å². The zero-order valence-corrected chi connectivity index (χ0v) is 13.4. The topological polar surface area (TPSA) is 55.8 Å². The molecule has 0 aliphatic rings. The second kappa shape index (κ2) is 8.87. The average Bonchev–Trinajstić information content (AvgIpc) is 2.48. The standard InChI is InChI=1S/C14H17Cl2NO4/c1-20-8-7-17(6-5-13(18)21-2)14(19)11-9-10(15)3-4-12(11)16/h3-4,9H,5-8H2,1-2H3. The van der Waals surface area contributed by atoms with Crippen LogP contribution in [0.2, 0.25) is 10.0 Å². The second-order valence-corrected chi connectivity index (χ2v) is 5.08. The molecule has 1 aromatic carbocycles. The van der Waals surface area contributed by atoms with E-state index in [-0.39, 0.29) is 24.8 Å². The van der Waals surface area contributed by atoms with Crippen molar-refractivity contribution < 1.29 is 19.1 Å². The number of carbonyl (C=O) groups is 2. The van der Waals surface area contributed by atoms with Gasteiger partial charge in [0.15, 0.2) is 0 Å². The highest BCUT2D eigenvalue weighted by Gasteiger charge is 2.19. The molecule has 0 bridgehead atoms. The number of hydrogen-bond acceptors (Lipinski definition) is 4. The third-order valence-electron chi connectivity index (χ3n) is 2.82. The van der Waals surface area contributed by atoms with Gasteiger partial charge in [0.25, 0.3) is 5.91 Å².